The molecule has 1 saturated heterocycles. The summed E-state index contributed by atoms with van der Waals surface area (Å²) in [7, 11) is 0. The van der Waals surface area contributed by atoms with E-state index in [9.17, 15) is 4.79 Å². The van der Waals surface area contributed by atoms with Crippen molar-refractivity contribution in [2.75, 3.05) is 32.7 Å². The maximum Gasteiger partial charge on any atom is 0.241 e. The predicted octanol–water partition coefficient (Wildman–Crippen LogP) is 0.918. The first-order valence-electron chi connectivity index (χ1n) is 7.68. The zero-order valence-corrected chi connectivity index (χ0v) is 13.0. The Morgan fingerprint density at radius 1 is 1.19 bits per heavy atom. The maximum atomic E-state index is 11.5. The van der Waals surface area contributed by atoms with Crippen LogP contribution in [0.2, 0.25) is 0 Å². The van der Waals surface area contributed by atoms with E-state index in [1.54, 1.807) is 0 Å². The summed E-state index contributed by atoms with van der Waals surface area (Å²) in [5.41, 5.74) is 4.49. The first kappa shape index (κ1) is 15.9. The summed E-state index contributed by atoms with van der Waals surface area (Å²) in [5, 5.41) is 0. The molecule has 5 nitrogen and oxygen atoms in total. The van der Waals surface area contributed by atoms with Gasteiger partial charge in [0.15, 0.2) is 0 Å². The molecule has 1 fully saturated rings. The Labute approximate surface area is 127 Å². The molecule has 0 aromatic heterocycles. The van der Waals surface area contributed by atoms with Gasteiger partial charge in [-0.2, -0.15) is 0 Å². The Hall–Kier alpha value is -1.43. The van der Waals surface area contributed by atoms with Gasteiger partial charge in [0.1, 0.15) is 0 Å². The molecule has 116 valence electrons. The predicted molar refractivity (Wildman–Crippen MR) is 84.6 cm³/mol. The van der Waals surface area contributed by atoms with Crippen molar-refractivity contribution >= 4 is 5.91 Å². The number of piperazine rings is 1. The lowest BCUT2D eigenvalue weighted by Crippen LogP contribution is -2.45. The Bertz CT molecular complexity index is 452. The minimum atomic E-state index is -0.211. The molecule has 1 aromatic rings. The van der Waals surface area contributed by atoms with E-state index >= 15 is 0 Å². The smallest absolute Gasteiger partial charge is 0.241 e. The number of amides is 1. The number of carbonyl (C=O) groups is 1. The average molecular weight is 290 g/mol. The zero-order valence-electron chi connectivity index (χ0n) is 13.0. The van der Waals surface area contributed by atoms with Crippen LogP contribution in [-0.2, 0) is 11.3 Å². The minimum Gasteiger partial charge on any atom is -0.301 e. The lowest BCUT2D eigenvalue weighted by Gasteiger charge is -2.34. The third-order valence-corrected chi connectivity index (χ3v) is 4.33. The van der Waals surface area contributed by atoms with Crippen molar-refractivity contribution in [3.8, 4) is 0 Å². The maximum absolute atomic E-state index is 11.5. The van der Waals surface area contributed by atoms with Crippen molar-refractivity contribution in [2.24, 2.45) is 5.84 Å². The molecule has 1 unspecified atom stereocenters. The third kappa shape index (κ3) is 4.27. The highest BCUT2D eigenvalue weighted by Gasteiger charge is 2.16. The molecule has 0 aliphatic carbocycles. The topological polar surface area (TPSA) is 61.6 Å². The van der Waals surface area contributed by atoms with Gasteiger partial charge in [0.2, 0.25) is 5.91 Å². The molecule has 1 atom stereocenters. The second-order valence-corrected chi connectivity index (χ2v) is 5.68. The average Bonchev–Trinajstić information content (AvgIpc) is 2.55. The van der Waals surface area contributed by atoms with Gasteiger partial charge in [-0.25, -0.2) is 5.84 Å². The zero-order chi connectivity index (χ0) is 15.2. The number of nitrogens with two attached hydrogens (primary N) is 1. The second kappa shape index (κ2) is 7.54. The number of likely N-dealkylation sites (N-methyl/N-ethyl adjacent to an activating group) is 1. The van der Waals surface area contributed by atoms with Gasteiger partial charge < -0.3 is 4.90 Å². The van der Waals surface area contributed by atoms with Crippen LogP contribution < -0.4 is 11.3 Å². The van der Waals surface area contributed by atoms with Gasteiger partial charge in [-0.1, -0.05) is 31.2 Å². The third-order valence-electron chi connectivity index (χ3n) is 4.33. The summed E-state index contributed by atoms with van der Waals surface area (Å²) in [6, 6.07) is 8.28. The highest BCUT2D eigenvalue weighted by Crippen LogP contribution is 2.17. The van der Waals surface area contributed by atoms with Crippen LogP contribution in [0.25, 0.3) is 0 Å². The van der Waals surface area contributed by atoms with Crippen LogP contribution in [-0.4, -0.2) is 48.4 Å². The first-order valence-corrected chi connectivity index (χ1v) is 7.68. The molecular weight excluding hydrogens is 264 g/mol. The molecule has 1 amide bonds. The number of hydrazine groups is 1. The minimum absolute atomic E-state index is 0.154. The SMILES string of the molecule is CCN1CCN(Cc2ccc(C(C)C(=O)NN)cc2)CC1. The van der Waals surface area contributed by atoms with E-state index < -0.39 is 0 Å². The van der Waals surface area contributed by atoms with Crippen LogP contribution in [0.15, 0.2) is 24.3 Å². The Kier molecular flexibility index (Phi) is 5.73. The highest BCUT2D eigenvalue weighted by molar-refractivity contribution is 5.82. The molecule has 0 radical (unpaired) electrons. The number of hydrogen-bond acceptors (Lipinski definition) is 4. The first-order chi connectivity index (χ1) is 10.1. The Balaban J connectivity index is 1.89. The van der Waals surface area contributed by atoms with Gasteiger partial charge in [-0.15, -0.1) is 0 Å². The summed E-state index contributed by atoms with van der Waals surface area (Å²) >= 11 is 0. The molecule has 0 bridgehead atoms. The van der Waals surface area contributed by atoms with Crippen LogP contribution >= 0.6 is 0 Å². The molecule has 1 aliphatic rings. The summed E-state index contributed by atoms with van der Waals surface area (Å²) < 4.78 is 0. The van der Waals surface area contributed by atoms with E-state index in [4.69, 9.17) is 5.84 Å². The van der Waals surface area contributed by atoms with Crippen LogP contribution in [0.5, 0.6) is 0 Å². The summed E-state index contributed by atoms with van der Waals surface area (Å²) in [5.74, 6) is 4.81. The van der Waals surface area contributed by atoms with E-state index in [0.29, 0.717) is 0 Å². The molecule has 21 heavy (non-hydrogen) atoms. The van der Waals surface area contributed by atoms with Crippen molar-refractivity contribution in [1.29, 1.82) is 0 Å². The summed E-state index contributed by atoms with van der Waals surface area (Å²) in [6.07, 6.45) is 0. The fourth-order valence-corrected chi connectivity index (χ4v) is 2.71. The number of nitrogens with zero attached hydrogens (tertiary/aromatic N) is 2. The largest absolute Gasteiger partial charge is 0.301 e. The van der Waals surface area contributed by atoms with E-state index in [-0.39, 0.29) is 11.8 Å². The van der Waals surface area contributed by atoms with Gasteiger partial charge in [0, 0.05) is 32.7 Å². The number of hydrogen-bond donors (Lipinski definition) is 2. The van der Waals surface area contributed by atoms with Crippen molar-refractivity contribution < 1.29 is 4.79 Å². The molecule has 2 rings (SSSR count). The van der Waals surface area contributed by atoms with Crippen LogP contribution in [0.4, 0.5) is 0 Å². The lowest BCUT2D eigenvalue weighted by atomic mass is 9.99. The quantitative estimate of drug-likeness (QED) is 0.481. The van der Waals surface area contributed by atoms with E-state index in [1.807, 2.05) is 19.1 Å². The Morgan fingerprint density at radius 3 is 2.29 bits per heavy atom. The standard InChI is InChI=1S/C16H26N4O/c1-3-19-8-10-20(11-9-19)12-14-4-6-15(7-5-14)13(2)16(21)18-17/h4-7,13H,3,8-12,17H2,1-2H3,(H,18,21). The Morgan fingerprint density at radius 2 is 1.76 bits per heavy atom. The summed E-state index contributed by atoms with van der Waals surface area (Å²) in [4.78, 5) is 16.5. The van der Waals surface area contributed by atoms with Crippen LogP contribution in [0.3, 0.4) is 0 Å². The number of benzene rings is 1. The normalized spacial score (nSPS) is 18.4. The molecule has 1 aliphatic heterocycles. The van der Waals surface area contributed by atoms with Crippen LogP contribution in [0, 0.1) is 0 Å². The van der Waals surface area contributed by atoms with Crippen molar-refractivity contribution in [3.05, 3.63) is 35.4 Å². The number of nitrogens with one attached hydrogen (secondary N) is 1. The molecule has 0 spiro atoms. The lowest BCUT2D eigenvalue weighted by molar-refractivity contribution is -0.122. The van der Waals surface area contributed by atoms with Crippen molar-refractivity contribution in [2.45, 2.75) is 26.3 Å². The van der Waals surface area contributed by atoms with Gasteiger partial charge in [0.25, 0.3) is 0 Å². The van der Waals surface area contributed by atoms with E-state index in [2.05, 4.69) is 34.3 Å². The van der Waals surface area contributed by atoms with Crippen molar-refractivity contribution in [3.63, 3.8) is 0 Å². The van der Waals surface area contributed by atoms with E-state index in [1.165, 1.54) is 5.56 Å². The fraction of sp³-hybridized carbons (Fsp3) is 0.562. The molecule has 1 heterocycles. The van der Waals surface area contributed by atoms with Gasteiger partial charge in [-0.3, -0.25) is 15.1 Å². The van der Waals surface area contributed by atoms with Gasteiger partial charge >= 0.3 is 0 Å². The second-order valence-electron chi connectivity index (χ2n) is 5.68. The number of rotatable bonds is 5. The molecular formula is C16H26N4O. The van der Waals surface area contributed by atoms with E-state index in [0.717, 1.165) is 44.8 Å². The molecule has 5 heteroatoms. The van der Waals surface area contributed by atoms with Gasteiger partial charge in [-0.05, 0) is 24.6 Å². The van der Waals surface area contributed by atoms with Crippen molar-refractivity contribution in [1.82, 2.24) is 15.2 Å². The van der Waals surface area contributed by atoms with Gasteiger partial charge in [0.05, 0.1) is 5.92 Å². The van der Waals surface area contributed by atoms with Crippen LogP contribution in [0.1, 0.15) is 30.9 Å². The monoisotopic (exact) mass is 290 g/mol. The number of carbonyl (C=O) groups excluding carboxylic acids is 1. The summed E-state index contributed by atoms with van der Waals surface area (Å²) in [6.45, 7) is 10.8. The highest BCUT2D eigenvalue weighted by atomic mass is 16.2. The molecule has 3 N–H and O–H groups in total. The molecule has 0 saturated carbocycles. The fourth-order valence-electron chi connectivity index (χ4n) is 2.71. The molecule has 1 aromatic carbocycles.